The van der Waals surface area contributed by atoms with E-state index < -0.39 is 6.04 Å². The molecule has 0 aliphatic carbocycles. The molecule has 0 bridgehead atoms. The van der Waals surface area contributed by atoms with Gasteiger partial charge in [-0.3, -0.25) is 4.79 Å². The monoisotopic (exact) mass is 337 g/mol. The van der Waals surface area contributed by atoms with Crippen LogP contribution in [0.25, 0.3) is 0 Å². The third-order valence-electron chi connectivity index (χ3n) is 2.75. The van der Waals surface area contributed by atoms with Crippen molar-refractivity contribution >= 4 is 36.4 Å². The van der Waals surface area contributed by atoms with Gasteiger partial charge in [0.2, 0.25) is 5.91 Å². The second kappa shape index (κ2) is 11.8. The van der Waals surface area contributed by atoms with E-state index in [2.05, 4.69) is 10.2 Å². The summed E-state index contributed by atoms with van der Waals surface area (Å²) in [5.41, 5.74) is 7.64. The molecule has 5 nitrogen and oxygen atoms in total. The second-order valence-electron chi connectivity index (χ2n) is 4.80. The molecule has 3 N–H and O–H groups in total. The molecule has 1 aromatic rings. The summed E-state index contributed by atoms with van der Waals surface area (Å²) in [7, 11) is 5.62. The van der Waals surface area contributed by atoms with Crippen LogP contribution in [0.2, 0.25) is 0 Å². The van der Waals surface area contributed by atoms with Gasteiger partial charge in [0, 0.05) is 19.3 Å². The minimum atomic E-state index is -0.640. The molecule has 0 saturated carbocycles. The number of ether oxygens (including phenoxy) is 1. The van der Waals surface area contributed by atoms with Crippen molar-refractivity contribution in [3.8, 4) is 0 Å². The Labute approximate surface area is 139 Å². The first-order chi connectivity index (χ1) is 9.02. The number of hydrogen-bond acceptors (Lipinski definition) is 4. The van der Waals surface area contributed by atoms with Crippen LogP contribution in [0.1, 0.15) is 5.56 Å². The van der Waals surface area contributed by atoms with Crippen LogP contribution in [0.3, 0.4) is 0 Å². The van der Waals surface area contributed by atoms with E-state index >= 15 is 0 Å². The predicted molar refractivity (Wildman–Crippen MR) is 91.7 cm³/mol. The smallest absolute Gasteiger partial charge is 0.243 e. The van der Waals surface area contributed by atoms with Crippen molar-refractivity contribution in [1.82, 2.24) is 4.90 Å². The lowest BCUT2D eigenvalue weighted by molar-refractivity contribution is -0.118. The van der Waals surface area contributed by atoms with E-state index in [1.165, 1.54) is 12.7 Å². The Bertz CT molecular complexity index is 400. The first-order valence-electron chi connectivity index (χ1n) is 6.32. The predicted octanol–water partition coefficient (Wildman–Crippen LogP) is 1.55. The second-order valence-corrected chi connectivity index (χ2v) is 4.80. The van der Waals surface area contributed by atoms with Crippen LogP contribution in [0.5, 0.6) is 0 Å². The number of likely N-dealkylation sites (N-methyl/N-ethyl adjacent to an activating group) is 1. The Morgan fingerprint density at radius 2 is 1.86 bits per heavy atom. The van der Waals surface area contributed by atoms with Gasteiger partial charge in [0.05, 0.1) is 6.61 Å². The minimum absolute atomic E-state index is 0. The van der Waals surface area contributed by atoms with Crippen LogP contribution >= 0.6 is 24.8 Å². The average molecular weight is 338 g/mol. The molecule has 0 aliphatic heterocycles. The highest BCUT2D eigenvalue weighted by atomic mass is 35.5. The van der Waals surface area contributed by atoms with Crippen molar-refractivity contribution in [3.05, 3.63) is 29.8 Å². The maximum Gasteiger partial charge on any atom is 0.243 e. The van der Waals surface area contributed by atoms with Crippen molar-refractivity contribution < 1.29 is 9.53 Å². The molecule has 0 saturated heterocycles. The number of methoxy groups -OCH3 is 1. The molecule has 0 aromatic heterocycles. The number of rotatable bonds is 7. The average Bonchev–Trinajstić information content (AvgIpc) is 2.38. The zero-order valence-electron chi connectivity index (χ0n) is 12.7. The lowest BCUT2D eigenvalue weighted by Gasteiger charge is -2.12. The number of nitrogens with zero attached hydrogens (tertiary/aromatic N) is 1. The number of amides is 1. The van der Waals surface area contributed by atoms with Crippen molar-refractivity contribution in [1.29, 1.82) is 0 Å². The number of hydrogen-bond donors (Lipinski definition) is 2. The minimum Gasteiger partial charge on any atom is -0.383 e. The number of carbonyl (C=O) groups is 1. The van der Waals surface area contributed by atoms with Crippen LogP contribution < -0.4 is 11.1 Å². The molecule has 7 heteroatoms. The maximum atomic E-state index is 11.7. The summed E-state index contributed by atoms with van der Waals surface area (Å²) in [6.45, 7) is 1.22. The fourth-order valence-corrected chi connectivity index (χ4v) is 1.60. The summed E-state index contributed by atoms with van der Waals surface area (Å²) in [6, 6.07) is 7.17. The molecule has 21 heavy (non-hydrogen) atoms. The molecule has 0 fully saturated rings. The molecular weight excluding hydrogens is 313 g/mol. The van der Waals surface area contributed by atoms with Gasteiger partial charge >= 0.3 is 0 Å². The molecule has 0 radical (unpaired) electrons. The van der Waals surface area contributed by atoms with Gasteiger partial charge in [0.15, 0.2) is 0 Å². The standard InChI is InChI=1S/C14H23N3O2.2ClH/c1-17(2)9-8-11-4-6-12(7-5-11)16-14(18)13(15)10-19-3;;/h4-7,13H,8-10,15H2,1-3H3,(H,16,18);2*1H. The lowest BCUT2D eigenvalue weighted by Crippen LogP contribution is -2.39. The van der Waals surface area contributed by atoms with Crippen LogP contribution in [-0.4, -0.2) is 51.2 Å². The highest BCUT2D eigenvalue weighted by Crippen LogP contribution is 2.10. The van der Waals surface area contributed by atoms with E-state index in [0.29, 0.717) is 0 Å². The van der Waals surface area contributed by atoms with Crippen LogP contribution in [0.15, 0.2) is 24.3 Å². The van der Waals surface area contributed by atoms with Gasteiger partial charge in [-0.25, -0.2) is 0 Å². The van der Waals surface area contributed by atoms with E-state index in [4.69, 9.17) is 10.5 Å². The van der Waals surface area contributed by atoms with E-state index in [1.807, 2.05) is 38.4 Å². The highest BCUT2D eigenvalue weighted by molar-refractivity contribution is 5.94. The van der Waals surface area contributed by atoms with E-state index in [1.54, 1.807) is 0 Å². The maximum absolute atomic E-state index is 11.7. The number of carbonyl (C=O) groups excluding carboxylic acids is 1. The normalized spacial score (nSPS) is 11.3. The van der Waals surface area contributed by atoms with Gasteiger partial charge in [-0.15, -0.1) is 24.8 Å². The quantitative estimate of drug-likeness (QED) is 0.792. The third-order valence-corrected chi connectivity index (χ3v) is 2.75. The molecule has 1 amide bonds. The van der Waals surface area contributed by atoms with Gasteiger partial charge in [0.25, 0.3) is 0 Å². The molecule has 0 heterocycles. The summed E-state index contributed by atoms with van der Waals surface area (Å²) in [5.74, 6) is -0.233. The SMILES string of the molecule is COCC(N)C(=O)Nc1ccc(CCN(C)C)cc1.Cl.Cl. The fraction of sp³-hybridized carbons (Fsp3) is 0.500. The Morgan fingerprint density at radius 1 is 1.29 bits per heavy atom. The first kappa shape index (κ1) is 22.4. The topological polar surface area (TPSA) is 67.6 Å². The third kappa shape index (κ3) is 8.90. The van der Waals surface area contributed by atoms with Gasteiger partial charge in [-0.2, -0.15) is 0 Å². The van der Waals surface area contributed by atoms with Gasteiger partial charge in [-0.1, -0.05) is 12.1 Å². The Balaban J connectivity index is 0. The van der Waals surface area contributed by atoms with Crippen LogP contribution in [0.4, 0.5) is 5.69 Å². The van der Waals surface area contributed by atoms with E-state index in [0.717, 1.165) is 18.7 Å². The molecule has 122 valence electrons. The van der Waals surface area contributed by atoms with Gasteiger partial charge < -0.3 is 20.7 Å². The molecule has 1 unspecified atom stereocenters. The molecule has 1 aromatic carbocycles. The zero-order chi connectivity index (χ0) is 14.3. The van der Waals surface area contributed by atoms with Crippen molar-refractivity contribution in [2.75, 3.05) is 39.7 Å². The molecule has 1 rings (SSSR count). The zero-order valence-corrected chi connectivity index (χ0v) is 14.3. The number of nitrogens with one attached hydrogen (secondary N) is 1. The van der Waals surface area contributed by atoms with Gasteiger partial charge in [0.1, 0.15) is 6.04 Å². The van der Waals surface area contributed by atoms with E-state index in [9.17, 15) is 4.79 Å². The molecule has 0 spiro atoms. The van der Waals surface area contributed by atoms with Crippen molar-refractivity contribution in [2.24, 2.45) is 5.73 Å². The van der Waals surface area contributed by atoms with Crippen LogP contribution in [-0.2, 0) is 16.0 Å². The summed E-state index contributed by atoms with van der Waals surface area (Å²) < 4.78 is 4.85. The number of nitrogens with two attached hydrogens (primary N) is 1. The molecular formula is C14H25Cl2N3O2. The van der Waals surface area contributed by atoms with Crippen molar-refractivity contribution in [2.45, 2.75) is 12.5 Å². The Morgan fingerprint density at radius 3 is 2.33 bits per heavy atom. The number of anilines is 1. The number of benzene rings is 1. The summed E-state index contributed by atoms with van der Waals surface area (Å²) in [6.07, 6.45) is 0.990. The summed E-state index contributed by atoms with van der Waals surface area (Å²) >= 11 is 0. The number of halogens is 2. The van der Waals surface area contributed by atoms with Crippen LogP contribution in [0, 0.1) is 0 Å². The van der Waals surface area contributed by atoms with E-state index in [-0.39, 0.29) is 37.3 Å². The van der Waals surface area contributed by atoms with Gasteiger partial charge in [-0.05, 0) is 38.2 Å². The largest absolute Gasteiger partial charge is 0.383 e. The summed E-state index contributed by atoms with van der Waals surface area (Å²) in [4.78, 5) is 13.8. The summed E-state index contributed by atoms with van der Waals surface area (Å²) in [5, 5.41) is 2.76. The lowest BCUT2D eigenvalue weighted by atomic mass is 10.1. The molecule has 0 aliphatic rings. The highest BCUT2D eigenvalue weighted by Gasteiger charge is 2.12. The Hall–Kier alpha value is -0.850. The first-order valence-corrected chi connectivity index (χ1v) is 6.32. The fourth-order valence-electron chi connectivity index (χ4n) is 1.60. The Kier molecular flexibility index (Phi) is 12.6. The molecule has 1 atom stereocenters. The van der Waals surface area contributed by atoms with Crippen molar-refractivity contribution in [3.63, 3.8) is 0 Å².